The molecule has 2 heterocycles. The van der Waals surface area contributed by atoms with Crippen molar-refractivity contribution in [2.75, 3.05) is 19.8 Å². The number of unbranched alkanes of at least 4 members (excludes halogenated alkanes) is 1. The van der Waals surface area contributed by atoms with E-state index in [2.05, 4.69) is 11.1 Å². The van der Waals surface area contributed by atoms with E-state index in [0.29, 0.717) is 90.1 Å². The first kappa shape index (κ1) is 19.2. The second-order valence-electron chi connectivity index (χ2n) is 6.63. The van der Waals surface area contributed by atoms with Crippen molar-refractivity contribution < 1.29 is 18.9 Å². The molecule has 0 saturated carbocycles. The molecule has 2 N–H and O–H groups in total. The Morgan fingerprint density at radius 2 is 2.03 bits per heavy atom. The fourth-order valence-corrected chi connectivity index (χ4v) is 3.42. The minimum absolute atomic E-state index is 0.407. The molecule has 150 valence electrons. The van der Waals surface area contributed by atoms with Gasteiger partial charge in [-0.05, 0) is 25.0 Å². The summed E-state index contributed by atoms with van der Waals surface area (Å²) in [5.74, 6) is 2.94. The van der Waals surface area contributed by atoms with Gasteiger partial charge in [0, 0.05) is 30.8 Å². The molecule has 0 radical (unpaired) electrons. The lowest BCUT2D eigenvalue weighted by Gasteiger charge is -2.24. The van der Waals surface area contributed by atoms with Crippen molar-refractivity contribution in [2.24, 2.45) is 5.73 Å². The molecule has 0 bridgehead atoms. The lowest BCUT2D eigenvalue weighted by molar-refractivity contribution is 0.164. The van der Waals surface area contributed by atoms with Crippen LogP contribution in [0.5, 0.6) is 23.0 Å². The first-order valence-electron chi connectivity index (χ1n) is 9.41. The van der Waals surface area contributed by atoms with Crippen LogP contribution in [0.1, 0.15) is 25.7 Å². The van der Waals surface area contributed by atoms with Crippen LogP contribution in [0.15, 0.2) is 40.9 Å². The predicted octanol–water partition coefficient (Wildman–Crippen LogP) is 4.15. The summed E-state index contributed by atoms with van der Waals surface area (Å²) in [6.45, 7) is 1.25. The van der Waals surface area contributed by atoms with Crippen LogP contribution in [0.25, 0.3) is 10.9 Å². The average Bonchev–Trinajstić information content (AvgIpc) is 2.74. The molecule has 2 aromatic rings. The van der Waals surface area contributed by atoms with E-state index in [1.54, 1.807) is 18.3 Å². The molecule has 1 aliphatic heterocycles. The van der Waals surface area contributed by atoms with E-state index in [4.69, 9.17) is 41.5 Å². The monoisotopic (exact) mass is 413 g/mol. The molecule has 1 aliphatic carbocycles. The van der Waals surface area contributed by atoms with E-state index >= 15 is 0 Å². The van der Waals surface area contributed by atoms with Gasteiger partial charge in [-0.2, -0.15) is 5.26 Å². The average molecular weight is 414 g/mol. The van der Waals surface area contributed by atoms with Gasteiger partial charge in [0.2, 0.25) is 5.75 Å². The maximum absolute atomic E-state index is 8.70. The second-order valence-corrected chi connectivity index (χ2v) is 7.04. The van der Waals surface area contributed by atoms with Crippen molar-refractivity contribution in [1.82, 2.24) is 4.98 Å². The molecule has 1 aromatic carbocycles. The van der Waals surface area contributed by atoms with Crippen LogP contribution in [0.2, 0.25) is 0 Å². The van der Waals surface area contributed by atoms with Gasteiger partial charge in [0.05, 0.1) is 28.6 Å². The van der Waals surface area contributed by atoms with Gasteiger partial charge in [0.1, 0.15) is 24.7 Å². The Morgan fingerprint density at radius 3 is 2.83 bits per heavy atom. The van der Waals surface area contributed by atoms with Crippen molar-refractivity contribution in [1.29, 1.82) is 5.26 Å². The minimum atomic E-state index is 0.407. The Morgan fingerprint density at radius 1 is 1.21 bits per heavy atom. The number of allylic oxidation sites excluding steroid dienone is 4. The number of fused-ring (bicyclic) bond motifs is 3. The number of nitrogens with zero attached hydrogens (tertiary/aromatic N) is 2. The number of pyridine rings is 1. The largest absolute Gasteiger partial charge is 0.489 e. The zero-order valence-electron chi connectivity index (χ0n) is 15.7. The molecule has 2 aliphatic rings. The van der Waals surface area contributed by atoms with Crippen LogP contribution < -0.4 is 24.7 Å². The third-order valence-corrected chi connectivity index (χ3v) is 4.96. The van der Waals surface area contributed by atoms with Crippen LogP contribution in [-0.4, -0.2) is 24.8 Å². The van der Waals surface area contributed by atoms with Crippen molar-refractivity contribution in [2.45, 2.75) is 25.7 Å². The maximum Gasteiger partial charge on any atom is 0.204 e. The van der Waals surface area contributed by atoms with Crippen LogP contribution >= 0.6 is 11.6 Å². The quantitative estimate of drug-likeness (QED) is 0.710. The molecule has 0 saturated heterocycles. The summed E-state index contributed by atoms with van der Waals surface area (Å²) in [6.07, 6.45) is 5.77. The summed E-state index contributed by atoms with van der Waals surface area (Å²) >= 11 is 6.16. The Bertz CT molecular complexity index is 1040. The number of benzene rings is 1. The van der Waals surface area contributed by atoms with Crippen LogP contribution in [0.4, 0.5) is 0 Å². The zero-order chi connectivity index (χ0) is 20.2. The third kappa shape index (κ3) is 4.03. The number of nitriles is 1. The first-order valence-corrected chi connectivity index (χ1v) is 9.79. The van der Waals surface area contributed by atoms with Crippen LogP contribution in [-0.2, 0) is 0 Å². The van der Waals surface area contributed by atoms with E-state index in [1.807, 2.05) is 6.07 Å². The van der Waals surface area contributed by atoms with Crippen molar-refractivity contribution in [3.63, 3.8) is 0 Å². The Labute approximate surface area is 173 Å². The number of hydrogen-bond acceptors (Lipinski definition) is 7. The molecular formula is C21H20ClN3O4. The van der Waals surface area contributed by atoms with Gasteiger partial charge in [-0.3, -0.25) is 4.98 Å². The Balaban J connectivity index is 1.72. The summed E-state index contributed by atoms with van der Waals surface area (Å²) in [7, 11) is 0. The standard InChI is InChI=1S/C21H20ClN3O4/c22-14-11-13(3-4-15(14)24)29-17-5-7-25-16-12-18(26-8-2-1-6-23)20-21(19(16)17)28-10-9-27-20/h5,7,11-12H,1-4,8-10,24H2. The van der Waals surface area contributed by atoms with Crippen molar-refractivity contribution >= 4 is 22.5 Å². The molecular weight excluding hydrogens is 394 g/mol. The highest BCUT2D eigenvalue weighted by Gasteiger charge is 2.25. The number of hydrogen-bond donors (Lipinski definition) is 1. The van der Waals surface area contributed by atoms with E-state index in [9.17, 15) is 0 Å². The van der Waals surface area contributed by atoms with Gasteiger partial charge in [-0.15, -0.1) is 0 Å². The van der Waals surface area contributed by atoms with Gasteiger partial charge >= 0.3 is 0 Å². The molecule has 29 heavy (non-hydrogen) atoms. The lowest BCUT2D eigenvalue weighted by Crippen LogP contribution is -2.17. The Kier molecular flexibility index (Phi) is 5.63. The van der Waals surface area contributed by atoms with Crippen LogP contribution in [0.3, 0.4) is 0 Å². The Hall–Kier alpha value is -3.11. The van der Waals surface area contributed by atoms with E-state index in [-0.39, 0.29) is 0 Å². The van der Waals surface area contributed by atoms with E-state index < -0.39 is 0 Å². The number of halogens is 1. The SMILES string of the molecule is N#CCCCOc1cc2nccc(OC3=CC(Cl)=C(N)CC3)c2c2c1OCCO2. The highest BCUT2D eigenvalue weighted by atomic mass is 35.5. The smallest absolute Gasteiger partial charge is 0.204 e. The molecule has 0 atom stereocenters. The molecule has 4 rings (SSSR count). The lowest BCUT2D eigenvalue weighted by atomic mass is 10.1. The second kappa shape index (κ2) is 8.50. The number of ether oxygens (including phenoxy) is 4. The number of nitrogens with two attached hydrogens (primary N) is 1. The maximum atomic E-state index is 8.70. The topological polar surface area (TPSA) is 99.6 Å². The summed E-state index contributed by atoms with van der Waals surface area (Å²) < 4.78 is 23.7. The molecule has 0 unspecified atom stereocenters. The normalized spacial score (nSPS) is 15.7. The van der Waals surface area contributed by atoms with Gasteiger partial charge < -0.3 is 24.7 Å². The molecule has 1 aromatic heterocycles. The molecule has 0 fully saturated rings. The van der Waals surface area contributed by atoms with Gasteiger partial charge in [-0.25, -0.2) is 0 Å². The first-order chi connectivity index (χ1) is 14.2. The fraction of sp³-hybridized carbons (Fsp3) is 0.333. The molecule has 0 amide bonds. The van der Waals surface area contributed by atoms with Crippen LogP contribution in [0, 0.1) is 11.3 Å². The van der Waals surface area contributed by atoms with Gasteiger partial charge in [0.15, 0.2) is 11.5 Å². The molecule has 7 nitrogen and oxygen atoms in total. The zero-order valence-corrected chi connectivity index (χ0v) is 16.5. The molecule has 8 heteroatoms. The van der Waals surface area contributed by atoms with Crippen molar-refractivity contribution in [3.05, 3.63) is 40.9 Å². The van der Waals surface area contributed by atoms with Gasteiger partial charge in [-0.1, -0.05) is 11.6 Å². The van der Waals surface area contributed by atoms with Gasteiger partial charge in [0.25, 0.3) is 0 Å². The predicted molar refractivity (Wildman–Crippen MR) is 108 cm³/mol. The summed E-state index contributed by atoms with van der Waals surface area (Å²) in [5, 5.41) is 9.91. The highest BCUT2D eigenvalue weighted by Crippen LogP contribution is 2.48. The summed E-state index contributed by atoms with van der Waals surface area (Å²) in [5.41, 5.74) is 7.18. The summed E-state index contributed by atoms with van der Waals surface area (Å²) in [6, 6.07) is 5.70. The van der Waals surface area contributed by atoms with E-state index in [1.165, 1.54) is 0 Å². The minimum Gasteiger partial charge on any atom is -0.489 e. The van der Waals surface area contributed by atoms with Crippen molar-refractivity contribution in [3.8, 4) is 29.1 Å². The number of rotatable bonds is 6. The fourth-order valence-electron chi connectivity index (χ4n) is 3.20. The molecule has 0 spiro atoms. The van der Waals surface area contributed by atoms with E-state index in [0.717, 1.165) is 5.76 Å². The summed E-state index contributed by atoms with van der Waals surface area (Å²) in [4.78, 5) is 4.45. The number of aromatic nitrogens is 1. The third-order valence-electron chi connectivity index (χ3n) is 4.61. The highest BCUT2D eigenvalue weighted by molar-refractivity contribution is 6.31.